The number of nitro groups is 1. The van der Waals surface area contributed by atoms with Crippen molar-refractivity contribution in [2.24, 2.45) is 5.73 Å². The van der Waals surface area contributed by atoms with Crippen LogP contribution in [-0.2, 0) is 6.61 Å². The molecule has 0 amide bonds. The molecule has 0 atom stereocenters. The maximum atomic E-state index is 10.7. The molecule has 0 aliphatic rings. The molecule has 2 rings (SSSR count). The Hall–Kier alpha value is -2.89. The molecule has 0 bridgehead atoms. The van der Waals surface area contributed by atoms with E-state index in [0.29, 0.717) is 23.5 Å². The van der Waals surface area contributed by atoms with E-state index in [-0.39, 0.29) is 11.5 Å². The number of nitrogens with one attached hydrogen (secondary N) is 1. The number of rotatable bonds is 5. The summed E-state index contributed by atoms with van der Waals surface area (Å²) in [6, 6.07) is 11.8. The molecule has 21 heavy (non-hydrogen) atoms. The second-order valence-electron chi connectivity index (χ2n) is 4.60. The molecule has 0 saturated carbocycles. The van der Waals surface area contributed by atoms with Gasteiger partial charge >= 0.3 is 0 Å². The molecule has 0 radical (unpaired) electrons. The lowest BCUT2D eigenvalue weighted by Crippen LogP contribution is -2.10. The summed E-state index contributed by atoms with van der Waals surface area (Å²) in [5.41, 5.74) is 7.60. The number of nitrogens with zero attached hydrogens (tertiary/aromatic N) is 1. The van der Waals surface area contributed by atoms with Crippen LogP contribution >= 0.6 is 0 Å². The van der Waals surface area contributed by atoms with E-state index >= 15 is 0 Å². The normalized spacial score (nSPS) is 10.1. The number of nitro benzene ring substituents is 1. The van der Waals surface area contributed by atoms with Crippen LogP contribution in [0.1, 0.15) is 16.7 Å². The van der Waals surface area contributed by atoms with Gasteiger partial charge in [-0.15, -0.1) is 0 Å². The lowest BCUT2D eigenvalue weighted by molar-refractivity contribution is -0.385. The fourth-order valence-electron chi connectivity index (χ4n) is 1.87. The van der Waals surface area contributed by atoms with Crippen LogP contribution in [0.5, 0.6) is 5.75 Å². The predicted octanol–water partition coefficient (Wildman–Crippen LogP) is 2.77. The van der Waals surface area contributed by atoms with Crippen molar-refractivity contribution in [3.05, 3.63) is 69.3 Å². The lowest BCUT2D eigenvalue weighted by atomic mass is 10.1. The van der Waals surface area contributed by atoms with Crippen LogP contribution in [0.25, 0.3) is 0 Å². The molecule has 6 heteroatoms. The zero-order chi connectivity index (χ0) is 15.4. The minimum Gasteiger partial charge on any atom is -0.489 e. The molecule has 2 aromatic rings. The Bertz CT molecular complexity index is 681. The lowest BCUT2D eigenvalue weighted by Gasteiger charge is -2.08. The molecule has 0 unspecified atom stereocenters. The van der Waals surface area contributed by atoms with Gasteiger partial charge in [0.05, 0.1) is 4.92 Å². The third-order valence-electron chi connectivity index (χ3n) is 3.04. The highest BCUT2D eigenvalue weighted by Gasteiger charge is 2.10. The number of ether oxygens (including phenoxy) is 1. The van der Waals surface area contributed by atoms with Crippen molar-refractivity contribution in [2.75, 3.05) is 0 Å². The molecule has 0 aliphatic carbocycles. The van der Waals surface area contributed by atoms with Gasteiger partial charge in [0.15, 0.2) is 0 Å². The molecule has 0 heterocycles. The number of benzene rings is 2. The van der Waals surface area contributed by atoms with Gasteiger partial charge in [-0.25, -0.2) is 0 Å². The Balaban J connectivity index is 2.04. The van der Waals surface area contributed by atoms with Crippen molar-refractivity contribution in [1.29, 1.82) is 5.41 Å². The van der Waals surface area contributed by atoms with Gasteiger partial charge in [-0.05, 0) is 24.6 Å². The first-order valence-electron chi connectivity index (χ1n) is 6.28. The number of hydrogen-bond acceptors (Lipinski definition) is 4. The van der Waals surface area contributed by atoms with Gasteiger partial charge in [0.25, 0.3) is 5.69 Å². The number of hydrogen-bond donors (Lipinski definition) is 2. The van der Waals surface area contributed by atoms with E-state index in [1.807, 2.05) is 12.1 Å². The minimum atomic E-state index is -0.417. The summed E-state index contributed by atoms with van der Waals surface area (Å²) in [5, 5.41) is 18.0. The van der Waals surface area contributed by atoms with E-state index in [4.69, 9.17) is 15.9 Å². The fraction of sp³-hybridized carbons (Fsp3) is 0.133. The van der Waals surface area contributed by atoms with Gasteiger partial charge in [-0.3, -0.25) is 15.5 Å². The Morgan fingerprint density at radius 2 is 1.95 bits per heavy atom. The van der Waals surface area contributed by atoms with Crippen LogP contribution in [0.15, 0.2) is 42.5 Å². The summed E-state index contributed by atoms with van der Waals surface area (Å²) in [6.45, 7) is 2.02. The standard InChI is InChI=1S/C15H15N3O3/c1-10-8-13(6-7-14(10)18(19)20)21-9-11-2-4-12(5-3-11)15(16)17/h2-8H,9H2,1H3,(H3,16,17). The van der Waals surface area contributed by atoms with Crippen molar-refractivity contribution in [2.45, 2.75) is 13.5 Å². The summed E-state index contributed by atoms with van der Waals surface area (Å²) >= 11 is 0. The van der Waals surface area contributed by atoms with E-state index in [1.54, 1.807) is 31.2 Å². The van der Waals surface area contributed by atoms with Crippen LogP contribution in [0.3, 0.4) is 0 Å². The van der Waals surface area contributed by atoms with E-state index in [1.165, 1.54) is 6.07 Å². The van der Waals surface area contributed by atoms with Crippen LogP contribution in [0, 0.1) is 22.4 Å². The van der Waals surface area contributed by atoms with Gasteiger partial charge in [0.1, 0.15) is 18.2 Å². The van der Waals surface area contributed by atoms with Crippen molar-refractivity contribution < 1.29 is 9.66 Å². The Labute approximate surface area is 121 Å². The summed E-state index contributed by atoms with van der Waals surface area (Å²) in [6.07, 6.45) is 0. The molecule has 2 aromatic carbocycles. The van der Waals surface area contributed by atoms with E-state index in [2.05, 4.69) is 0 Å². The van der Waals surface area contributed by atoms with Crippen LogP contribution in [0.4, 0.5) is 5.69 Å². The molecule has 0 fully saturated rings. The monoisotopic (exact) mass is 285 g/mol. The summed E-state index contributed by atoms with van der Waals surface area (Å²) in [5.74, 6) is 0.599. The number of aryl methyl sites for hydroxylation is 1. The molecular weight excluding hydrogens is 270 g/mol. The fourth-order valence-corrected chi connectivity index (χ4v) is 1.87. The molecule has 3 N–H and O–H groups in total. The smallest absolute Gasteiger partial charge is 0.272 e. The average Bonchev–Trinajstić information content (AvgIpc) is 2.45. The number of nitrogen functional groups attached to an aromatic ring is 1. The van der Waals surface area contributed by atoms with E-state index in [9.17, 15) is 10.1 Å². The van der Waals surface area contributed by atoms with Gasteiger partial charge in [0.2, 0.25) is 0 Å². The summed E-state index contributed by atoms with van der Waals surface area (Å²) < 4.78 is 5.60. The van der Waals surface area contributed by atoms with Crippen LogP contribution < -0.4 is 10.5 Å². The Morgan fingerprint density at radius 1 is 1.29 bits per heavy atom. The van der Waals surface area contributed by atoms with Crippen molar-refractivity contribution in [3.8, 4) is 5.75 Å². The summed E-state index contributed by atoms with van der Waals surface area (Å²) in [4.78, 5) is 10.3. The van der Waals surface area contributed by atoms with Gasteiger partial charge in [-0.1, -0.05) is 24.3 Å². The minimum absolute atomic E-state index is 0.0217. The number of amidine groups is 1. The SMILES string of the molecule is Cc1cc(OCc2ccc(C(=N)N)cc2)ccc1[N+](=O)[O-]. The highest BCUT2D eigenvalue weighted by molar-refractivity contribution is 5.94. The highest BCUT2D eigenvalue weighted by atomic mass is 16.6. The van der Waals surface area contributed by atoms with Crippen molar-refractivity contribution in [1.82, 2.24) is 0 Å². The first-order valence-corrected chi connectivity index (χ1v) is 6.28. The topological polar surface area (TPSA) is 102 Å². The van der Waals surface area contributed by atoms with Crippen molar-refractivity contribution in [3.63, 3.8) is 0 Å². The summed E-state index contributed by atoms with van der Waals surface area (Å²) in [7, 11) is 0. The third-order valence-corrected chi connectivity index (χ3v) is 3.04. The highest BCUT2D eigenvalue weighted by Crippen LogP contribution is 2.23. The van der Waals surface area contributed by atoms with Crippen LogP contribution in [0.2, 0.25) is 0 Å². The molecule has 0 spiro atoms. The first kappa shape index (κ1) is 14.5. The van der Waals surface area contributed by atoms with Crippen molar-refractivity contribution >= 4 is 11.5 Å². The maximum absolute atomic E-state index is 10.7. The molecular formula is C15H15N3O3. The third kappa shape index (κ3) is 3.56. The zero-order valence-corrected chi connectivity index (χ0v) is 11.5. The molecule has 108 valence electrons. The number of nitrogens with two attached hydrogens (primary N) is 1. The van der Waals surface area contributed by atoms with E-state index < -0.39 is 4.92 Å². The maximum Gasteiger partial charge on any atom is 0.272 e. The average molecular weight is 285 g/mol. The van der Waals surface area contributed by atoms with E-state index in [0.717, 1.165) is 5.56 Å². The van der Waals surface area contributed by atoms with Gasteiger partial charge < -0.3 is 10.5 Å². The largest absolute Gasteiger partial charge is 0.489 e. The van der Waals surface area contributed by atoms with Gasteiger partial charge in [-0.2, -0.15) is 0 Å². The molecule has 0 aliphatic heterocycles. The Morgan fingerprint density at radius 3 is 2.48 bits per heavy atom. The molecule has 0 aromatic heterocycles. The van der Waals surface area contributed by atoms with Crippen LogP contribution in [-0.4, -0.2) is 10.8 Å². The second kappa shape index (κ2) is 6.04. The Kier molecular flexibility index (Phi) is 4.18. The molecule has 0 saturated heterocycles. The predicted molar refractivity (Wildman–Crippen MR) is 79.6 cm³/mol. The second-order valence-corrected chi connectivity index (χ2v) is 4.60. The molecule has 6 nitrogen and oxygen atoms in total. The van der Waals surface area contributed by atoms with Gasteiger partial charge in [0, 0.05) is 17.2 Å². The quantitative estimate of drug-likeness (QED) is 0.381. The first-order chi connectivity index (χ1) is 9.97. The zero-order valence-electron chi connectivity index (χ0n) is 11.5.